The van der Waals surface area contributed by atoms with Gasteiger partial charge in [-0.2, -0.15) is 0 Å². The van der Waals surface area contributed by atoms with E-state index < -0.39 is 0 Å². The lowest BCUT2D eigenvalue weighted by Crippen LogP contribution is -2.47. The predicted molar refractivity (Wildman–Crippen MR) is 142 cm³/mol. The van der Waals surface area contributed by atoms with E-state index >= 15 is 0 Å². The summed E-state index contributed by atoms with van der Waals surface area (Å²) in [6, 6.07) is 8.83. The van der Waals surface area contributed by atoms with E-state index in [0.29, 0.717) is 6.54 Å². The molecule has 0 bridgehead atoms. The van der Waals surface area contributed by atoms with Crippen molar-refractivity contribution in [3.63, 3.8) is 0 Å². The van der Waals surface area contributed by atoms with Crippen molar-refractivity contribution in [1.82, 2.24) is 25.5 Å². The van der Waals surface area contributed by atoms with E-state index in [9.17, 15) is 4.39 Å². The van der Waals surface area contributed by atoms with Gasteiger partial charge in [0.1, 0.15) is 5.82 Å². The van der Waals surface area contributed by atoms with Gasteiger partial charge in [-0.05, 0) is 56.5 Å². The van der Waals surface area contributed by atoms with Crippen LogP contribution in [0.4, 0.5) is 10.3 Å². The summed E-state index contributed by atoms with van der Waals surface area (Å²) in [6.45, 7) is 9.51. The number of aliphatic imine (C=N–C) groups is 1. The Kier molecular flexibility index (Phi) is 9.66. The summed E-state index contributed by atoms with van der Waals surface area (Å²) in [5.74, 6) is 1.51. The highest BCUT2D eigenvalue weighted by Crippen LogP contribution is 2.48. The molecule has 2 N–H and O–H groups in total. The first-order chi connectivity index (χ1) is 15.7. The van der Waals surface area contributed by atoms with E-state index in [2.05, 4.69) is 37.3 Å². The van der Waals surface area contributed by atoms with Crippen LogP contribution in [0, 0.1) is 5.82 Å². The Balaban J connectivity index is 0.00000306. The van der Waals surface area contributed by atoms with E-state index in [4.69, 9.17) is 4.99 Å². The van der Waals surface area contributed by atoms with E-state index in [1.165, 1.54) is 6.07 Å². The second-order valence-corrected chi connectivity index (χ2v) is 8.64. The lowest BCUT2D eigenvalue weighted by atomic mass is 9.96. The Bertz CT molecular complexity index is 883. The zero-order valence-corrected chi connectivity index (χ0v) is 21.7. The fraction of sp³-hybridized carbons (Fsp3) is 0.542. The van der Waals surface area contributed by atoms with Gasteiger partial charge >= 0.3 is 0 Å². The van der Waals surface area contributed by atoms with Crippen molar-refractivity contribution in [2.45, 2.75) is 31.6 Å². The van der Waals surface area contributed by atoms with Crippen LogP contribution in [0.25, 0.3) is 0 Å². The van der Waals surface area contributed by atoms with E-state index in [0.717, 1.165) is 82.5 Å². The highest BCUT2D eigenvalue weighted by molar-refractivity contribution is 14.0. The van der Waals surface area contributed by atoms with E-state index in [1.54, 1.807) is 24.5 Å². The standard InChI is InChI=1S/C24H34FN7.HI/c1-2-26-22(30-19-24(8-9-24)20-6-3-7-21(25)18-20)27-12-5-13-31-14-16-32(17-15-31)23-28-10-4-11-29-23;/h3-4,6-7,10-11,18H,2,5,8-9,12-17,19H2,1H3,(H2,26,27,30);1H. The van der Waals surface area contributed by atoms with Gasteiger partial charge in [0.2, 0.25) is 5.95 Å². The normalized spacial score (nSPS) is 17.9. The molecule has 0 unspecified atom stereocenters. The van der Waals surface area contributed by atoms with Gasteiger partial charge in [0, 0.05) is 57.1 Å². The number of hydrogen-bond donors (Lipinski definition) is 2. The van der Waals surface area contributed by atoms with Crippen molar-refractivity contribution in [3.8, 4) is 0 Å². The summed E-state index contributed by atoms with van der Waals surface area (Å²) in [5.41, 5.74) is 1.07. The molecule has 0 spiro atoms. The summed E-state index contributed by atoms with van der Waals surface area (Å²) in [4.78, 5) is 18.3. The Morgan fingerprint density at radius 2 is 1.85 bits per heavy atom. The van der Waals surface area contributed by atoms with Gasteiger partial charge in [-0.25, -0.2) is 14.4 Å². The molecular weight excluding hydrogens is 532 g/mol. The largest absolute Gasteiger partial charge is 0.357 e. The average molecular weight is 567 g/mol. The first-order valence-corrected chi connectivity index (χ1v) is 11.7. The van der Waals surface area contributed by atoms with Crippen LogP contribution in [0.2, 0.25) is 0 Å². The molecule has 4 rings (SSSR count). The Morgan fingerprint density at radius 3 is 2.52 bits per heavy atom. The molecule has 9 heteroatoms. The summed E-state index contributed by atoms with van der Waals surface area (Å²) < 4.78 is 13.6. The van der Waals surface area contributed by atoms with Crippen molar-refractivity contribution in [3.05, 3.63) is 54.1 Å². The Morgan fingerprint density at radius 1 is 1.09 bits per heavy atom. The van der Waals surface area contributed by atoms with Crippen LogP contribution in [-0.4, -0.2) is 73.2 Å². The van der Waals surface area contributed by atoms with Gasteiger partial charge in [-0.3, -0.25) is 9.89 Å². The number of benzene rings is 1. The summed E-state index contributed by atoms with van der Waals surface area (Å²) in [5, 5.41) is 6.80. The highest BCUT2D eigenvalue weighted by Gasteiger charge is 2.44. The fourth-order valence-corrected chi connectivity index (χ4v) is 4.21. The number of nitrogens with one attached hydrogen (secondary N) is 2. The summed E-state index contributed by atoms with van der Waals surface area (Å²) in [6.07, 6.45) is 6.79. The van der Waals surface area contributed by atoms with Crippen molar-refractivity contribution < 1.29 is 4.39 Å². The highest BCUT2D eigenvalue weighted by atomic mass is 127. The van der Waals surface area contributed by atoms with Crippen molar-refractivity contribution in [2.75, 3.05) is 57.3 Å². The van der Waals surface area contributed by atoms with Gasteiger partial charge in [0.05, 0.1) is 6.54 Å². The van der Waals surface area contributed by atoms with Crippen LogP contribution in [0.1, 0.15) is 31.7 Å². The second-order valence-electron chi connectivity index (χ2n) is 8.64. The molecule has 0 radical (unpaired) electrons. The van der Waals surface area contributed by atoms with Crippen LogP contribution in [0.15, 0.2) is 47.7 Å². The monoisotopic (exact) mass is 567 g/mol. The maximum atomic E-state index is 13.6. The second kappa shape index (κ2) is 12.5. The van der Waals surface area contributed by atoms with Gasteiger partial charge in [-0.15, -0.1) is 24.0 Å². The minimum absolute atomic E-state index is 0. The molecule has 0 atom stereocenters. The minimum Gasteiger partial charge on any atom is -0.357 e. The minimum atomic E-state index is -0.167. The lowest BCUT2D eigenvalue weighted by molar-refractivity contribution is 0.254. The van der Waals surface area contributed by atoms with Gasteiger partial charge in [0.15, 0.2) is 5.96 Å². The van der Waals surface area contributed by atoms with Crippen LogP contribution < -0.4 is 15.5 Å². The van der Waals surface area contributed by atoms with E-state index in [-0.39, 0.29) is 35.2 Å². The Hall–Kier alpha value is -2.01. The van der Waals surface area contributed by atoms with Crippen LogP contribution in [0.3, 0.4) is 0 Å². The number of halogens is 2. The molecule has 0 amide bonds. The molecule has 1 aliphatic carbocycles. The van der Waals surface area contributed by atoms with Gasteiger partial charge < -0.3 is 15.5 Å². The first kappa shape index (κ1) is 25.6. The maximum Gasteiger partial charge on any atom is 0.225 e. The molecular formula is C24H35FIN7. The number of hydrogen-bond acceptors (Lipinski definition) is 5. The third-order valence-corrected chi connectivity index (χ3v) is 6.33. The number of rotatable bonds is 9. The molecule has 7 nitrogen and oxygen atoms in total. The molecule has 2 heterocycles. The molecule has 2 fully saturated rings. The molecule has 1 aromatic heterocycles. The van der Waals surface area contributed by atoms with E-state index in [1.807, 2.05) is 12.1 Å². The zero-order valence-electron chi connectivity index (χ0n) is 19.3. The SMILES string of the molecule is CCNC(=NCC1(c2cccc(F)c2)CC1)NCCCN1CCN(c2ncccn2)CC1.I. The zero-order chi connectivity index (χ0) is 22.2. The number of guanidine groups is 1. The van der Waals surface area contributed by atoms with Crippen LogP contribution in [0.5, 0.6) is 0 Å². The lowest BCUT2D eigenvalue weighted by Gasteiger charge is -2.34. The molecule has 33 heavy (non-hydrogen) atoms. The third kappa shape index (κ3) is 7.23. The number of piperazine rings is 1. The van der Waals surface area contributed by atoms with Crippen LogP contribution in [-0.2, 0) is 5.41 Å². The molecule has 2 aromatic rings. The van der Waals surface area contributed by atoms with Gasteiger partial charge in [0.25, 0.3) is 0 Å². The molecule has 2 aliphatic rings. The molecule has 1 aromatic carbocycles. The van der Waals surface area contributed by atoms with Gasteiger partial charge in [-0.1, -0.05) is 12.1 Å². The summed E-state index contributed by atoms with van der Waals surface area (Å²) in [7, 11) is 0. The van der Waals surface area contributed by atoms with Crippen molar-refractivity contribution in [2.24, 2.45) is 4.99 Å². The van der Waals surface area contributed by atoms with Crippen molar-refractivity contribution >= 4 is 35.9 Å². The molecule has 1 aliphatic heterocycles. The predicted octanol–water partition coefficient (Wildman–Crippen LogP) is 3.03. The first-order valence-electron chi connectivity index (χ1n) is 11.7. The smallest absolute Gasteiger partial charge is 0.225 e. The number of aromatic nitrogens is 2. The van der Waals surface area contributed by atoms with Crippen molar-refractivity contribution in [1.29, 1.82) is 0 Å². The number of nitrogens with zero attached hydrogens (tertiary/aromatic N) is 5. The quantitative estimate of drug-likeness (QED) is 0.210. The fourth-order valence-electron chi connectivity index (χ4n) is 4.21. The number of anilines is 1. The third-order valence-electron chi connectivity index (χ3n) is 6.33. The maximum absolute atomic E-state index is 13.6. The molecule has 1 saturated carbocycles. The molecule has 180 valence electrons. The van der Waals surface area contributed by atoms with Crippen LogP contribution >= 0.6 is 24.0 Å². The average Bonchev–Trinajstić information content (AvgIpc) is 3.62. The topological polar surface area (TPSA) is 68.7 Å². The summed E-state index contributed by atoms with van der Waals surface area (Å²) >= 11 is 0. The molecule has 1 saturated heterocycles. The Labute approximate surface area is 213 Å².